The van der Waals surface area contributed by atoms with Crippen LogP contribution in [0.25, 0.3) is 0 Å². The fraction of sp³-hybridized carbons (Fsp3) is 0.538. The number of aryl methyl sites for hydroxylation is 1. The van der Waals surface area contributed by atoms with E-state index in [9.17, 15) is 13.0 Å². The normalized spacial score (nSPS) is 22.7. The van der Waals surface area contributed by atoms with Gasteiger partial charge in [0.1, 0.15) is 6.10 Å². The number of hydrogen-bond donors (Lipinski definition) is 1. The first-order valence-corrected chi connectivity index (χ1v) is 7.45. The second kappa shape index (κ2) is 4.56. The van der Waals surface area contributed by atoms with E-state index in [1.54, 1.807) is 13.0 Å². The van der Waals surface area contributed by atoms with Crippen LogP contribution in [-0.2, 0) is 19.6 Å². The van der Waals surface area contributed by atoms with Gasteiger partial charge in [-0.3, -0.25) is 4.55 Å². The molecule has 19 heavy (non-hydrogen) atoms. The smallest absolute Gasteiger partial charge is 0.294 e. The first-order valence-electron chi connectivity index (χ1n) is 6.01. The molecule has 1 atom stereocenters. The molecule has 0 aliphatic carbocycles. The molecule has 0 bridgehead atoms. The maximum absolute atomic E-state index is 11.3. The van der Waals surface area contributed by atoms with Crippen molar-refractivity contribution in [1.29, 1.82) is 0 Å². The van der Waals surface area contributed by atoms with Gasteiger partial charge in [-0.15, -0.1) is 0 Å². The Kier molecular flexibility index (Phi) is 3.47. The van der Waals surface area contributed by atoms with E-state index in [2.05, 4.69) is 0 Å². The van der Waals surface area contributed by atoms with E-state index < -0.39 is 15.9 Å². The van der Waals surface area contributed by atoms with Gasteiger partial charge < -0.3 is 9.47 Å². The first-order chi connectivity index (χ1) is 8.62. The van der Waals surface area contributed by atoms with Crippen molar-refractivity contribution in [2.24, 2.45) is 0 Å². The van der Waals surface area contributed by atoms with Gasteiger partial charge in [0.05, 0.1) is 11.5 Å². The van der Waals surface area contributed by atoms with Crippen LogP contribution < -0.4 is 0 Å². The fourth-order valence-corrected chi connectivity index (χ4v) is 3.18. The molecular weight excluding hydrogens is 268 g/mol. The van der Waals surface area contributed by atoms with Gasteiger partial charge in [0, 0.05) is 0 Å². The van der Waals surface area contributed by atoms with Crippen molar-refractivity contribution in [3.63, 3.8) is 0 Å². The van der Waals surface area contributed by atoms with Gasteiger partial charge in [-0.2, -0.15) is 8.42 Å². The predicted octanol–water partition coefficient (Wildman–Crippen LogP) is 2.37. The van der Waals surface area contributed by atoms with Gasteiger partial charge in [0.2, 0.25) is 0 Å². The minimum atomic E-state index is -4.23. The molecule has 0 spiro atoms. The van der Waals surface area contributed by atoms with E-state index in [-0.39, 0.29) is 11.0 Å². The minimum Gasteiger partial charge on any atom is -0.347 e. The van der Waals surface area contributed by atoms with E-state index in [1.807, 2.05) is 20.8 Å². The Morgan fingerprint density at radius 3 is 2.42 bits per heavy atom. The molecule has 1 unspecified atom stereocenters. The molecule has 1 aromatic carbocycles. The van der Waals surface area contributed by atoms with Crippen molar-refractivity contribution in [1.82, 2.24) is 0 Å². The Morgan fingerprint density at radius 1 is 1.32 bits per heavy atom. The summed E-state index contributed by atoms with van der Waals surface area (Å²) < 4.78 is 43.2. The zero-order valence-corrected chi connectivity index (χ0v) is 12.2. The summed E-state index contributed by atoms with van der Waals surface area (Å²) in [6.07, 6.45) is -0.323. The van der Waals surface area contributed by atoms with Gasteiger partial charge in [-0.25, -0.2) is 0 Å². The number of hydrogen-bond acceptors (Lipinski definition) is 4. The summed E-state index contributed by atoms with van der Waals surface area (Å²) in [6, 6.07) is 3.07. The standard InChI is InChI=1S/C13H18O5S/c1-8-5-6-11(19(14,15)16)9(2)12(8)10-7-17-13(3,4)18-10/h5-6,10H,7H2,1-4H3,(H,14,15,16). The van der Waals surface area contributed by atoms with Crippen molar-refractivity contribution in [3.8, 4) is 0 Å². The predicted molar refractivity (Wildman–Crippen MR) is 69.6 cm³/mol. The number of ether oxygens (including phenoxy) is 2. The molecule has 1 fully saturated rings. The summed E-state index contributed by atoms with van der Waals surface area (Å²) in [5.74, 6) is -0.683. The highest BCUT2D eigenvalue weighted by Crippen LogP contribution is 2.37. The Bertz CT molecular complexity index is 604. The highest BCUT2D eigenvalue weighted by Gasteiger charge is 2.35. The molecule has 1 aromatic rings. The zero-order chi connectivity index (χ0) is 14.4. The molecule has 1 saturated heterocycles. The highest BCUT2D eigenvalue weighted by atomic mass is 32.2. The summed E-state index contributed by atoms with van der Waals surface area (Å²) in [4.78, 5) is -0.0820. The van der Waals surface area contributed by atoms with Gasteiger partial charge >= 0.3 is 0 Å². The quantitative estimate of drug-likeness (QED) is 0.845. The summed E-state index contributed by atoms with van der Waals surface area (Å²) in [6.45, 7) is 7.53. The molecule has 0 radical (unpaired) electrons. The Labute approximate surface area is 113 Å². The van der Waals surface area contributed by atoms with Crippen LogP contribution in [0.15, 0.2) is 17.0 Å². The van der Waals surface area contributed by atoms with Crippen LogP contribution in [0.1, 0.15) is 36.6 Å². The average molecular weight is 286 g/mol. The molecule has 106 valence electrons. The van der Waals surface area contributed by atoms with Crippen molar-refractivity contribution < 1.29 is 22.4 Å². The van der Waals surface area contributed by atoms with Gasteiger partial charge in [0.15, 0.2) is 5.79 Å². The van der Waals surface area contributed by atoms with Crippen molar-refractivity contribution in [3.05, 3.63) is 28.8 Å². The zero-order valence-electron chi connectivity index (χ0n) is 11.4. The summed E-state index contributed by atoms with van der Waals surface area (Å²) >= 11 is 0. The van der Waals surface area contributed by atoms with Crippen LogP contribution in [0.4, 0.5) is 0 Å². The molecule has 0 aromatic heterocycles. The number of benzene rings is 1. The molecule has 1 N–H and O–H groups in total. The summed E-state index contributed by atoms with van der Waals surface area (Å²) in [7, 11) is -4.23. The molecule has 0 amide bonds. The lowest BCUT2D eigenvalue weighted by Crippen LogP contribution is -2.20. The topological polar surface area (TPSA) is 72.8 Å². The number of rotatable bonds is 2. The maximum Gasteiger partial charge on any atom is 0.294 e. The summed E-state index contributed by atoms with van der Waals surface area (Å²) in [5, 5.41) is 0. The SMILES string of the molecule is Cc1ccc(S(=O)(=O)O)c(C)c1C1COC(C)(C)O1. The first kappa shape index (κ1) is 14.5. The van der Waals surface area contributed by atoms with E-state index in [0.29, 0.717) is 12.2 Å². The van der Waals surface area contributed by atoms with Crippen LogP contribution in [0, 0.1) is 13.8 Å². The molecule has 0 saturated carbocycles. The summed E-state index contributed by atoms with van der Waals surface area (Å²) in [5.41, 5.74) is 2.19. The third-order valence-electron chi connectivity index (χ3n) is 3.29. The van der Waals surface area contributed by atoms with Crippen LogP contribution >= 0.6 is 0 Å². The van der Waals surface area contributed by atoms with Crippen LogP contribution in [0.2, 0.25) is 0 Å². The molecule has 1 heterocycles. The Morgan fingerprint density at radius 2 is 1.95 bits per heavy atom. The molecule has 1 aliphatic rings. The van der Waals surface area contributed by atoms with Crippen molar-refractivity contribution in [2.45, 2.75) is 44.5 Å². The molecular formula is C13H18O5S. The lowest BCUT2D eigenvalue weighted by molar-refractivity contribution is -0.139. The average Bonchev–Trinajstić information content (AvgIpc) is 2.56. The molecule has 2 rings (SSSR count). The van der Waals surface area contributed by atoms with Crippen molar-refractivity contribution in [2.75, 3.05) is 6.61 Å². The molecule has 1 aliphatic heterocycles. The monoisotopic (exact) mass is 286 g/mol. The van der Waals surface area contributed by atoms with Crippen LogP contribution in [-0.4, -0.2) is 25.4 Å². The van der Waals surface area contributed by atoms with E-state index in [0.717, 1.165) is 11.1 Å². The maximum atomic E-state index is 11.3. The fourth-order valence-electron chi connectivity index (χ4n) is 2.45. The van der Waals surface area contributed by atoms with Crippen LogP contribution in [0.5, 0.6) is 0 Å². The third kappa shape index (κ3) is 2.81. The lowest BCUT2D eigenvalue weighted by atomic mass is 9.98. The Balaban J connectivity index is 2.52. The van der Waals surface area contributed by atoms with Gasteiger partial charge in [0.25, 0.3) is 10.1 Å². The van der Waals surface area contributed by atoms with Gasteiger partial charge in [-0.05, 0) is 50.5 Å². The van der Waals surface area contributed by atoms with Gasteiger partial charge in [-0.1, -0.05) is 6.07 Å². The van der Waals surface area contributed by atoms with E-state index in [4.69, 9.17) is 9.47 Å². The second-order valence-electron chi connectivity index (χ2n) is 5.21. The largest absolute Gasteiger partial charge is 0.347 e. The third-order valence-corrected chi connectivity index (χ3v) is 4.29. The van der Waals surface area contributed by atoms with Crippen LogP contribution in [0.3, 0.4) is 0 Å². The molecule has 6 heteroatoms. The van der Waals surface area contributed by atoms with E-state index >= 15 is 0 Å². The molecule has 5 nitrogen and oxygen atoms in total. The lowest BCUT2D eigenvalue weighted by Gasteiger charge is -2.20. The minimum absolute atomic E-state index is 0.0820. The highest BCUT2D eigenvalue weighted by molar-refractivity contribution is 7.85. The second-order valence-corrected chi connectivity index (χ2v) is 6.60. The van der Waals surface area contributed by atoms with Crippen molar-refractivity contribution >= 4 is 10.1 Å². The Hall–Kier alpha value is -0.950. The van der Waals surface area contributed by atoms with E-state index in [1.165, 1.54) is 6.07 Å².